The molecule has 6 heteroatoms. The van der Waals surface area contributed by atoms with E-state index < -0.39 is 9.84 Å². The minimum absolute atomic E-state index is 0.277. The minimum atomic E-state index is -3.65. The number of hydrogen-bond acceptors (Lipinski definition) is 4. The van der Waals surface area contributed by atoms with Crippen molar-refractivity contribution < 1.29 is 18.3 Å². The molecule has 0 saturated carbocycles. The predicted octanol–water partition coefficient (Wildman–Crippen LogP) is 7.23. The van der Waals surface area contributed by atoms with Gasteiger partial charge in [0, 0.05) is 17.5 Å². The molecule has 2 N–H and O–H groups in total. The summed E-state index contributed by atoms with van der Waals surface area (Å²) in [7, 11) is -2.08. The zero-order valence-corrected chi connectivity index (χ0v) is 21.9. The molecule has 0 radical (unpaired) electrons. The number of nitrogens with one attached hydrogen (secondary N) is 1. The quantitative estimate of drug-likeness (QED) is 0.192. The van der Waals surface area contributed by atoms with Crippen LogP contribution in [-0.4, -0.2) is 32.2 Å². The molecule has 3 rings (SSSR count). The van der Waals surface area contributed by atoms with Crippen molar-refractivity contribution in [1.29, 1.82) is 0 Å². The number of aromatic amines is 1. The minimum Gasteiger partial charge on any atom is -0.497 e. The fraction of sp³-hybridized carbons (Fsp3) is 0.517. The third-order valence-corrected chi connectivity index (χ3v) is 8.53. The average molecular weight is 500 g/mol. The maximum Gasteiger partial charge on any atom is 0.222 e. The van der Waals surface area contributed by atoms with Crippen LogP contribution in [0, 0.1) is 0 Å². The molecule has 0 bridgehead atoms. The first-order valence-electron chi connectivity index (χ1n) is 13.2. The number of aliphatic hydroxyl groups excluding tert-OH is 1. The van der Waals surface area contributed by atoms with Gasteiger partial charge < -0.3 is 14.8 Å². The van der Waals surface area contributed by atoms with Crippen LogP contribution in [-0.2, 0) is 16.3 Å². The van der Waals surface area contributed by atoms with Crippen LogP contribution in [0.15, 0.2) is 58.5 Å². The van der Waals surface area contributed by atoms with Gasteiger partial charge >= 0.3 is 0 Å². The van der Waals surface area contributed by atoms with Crippen molar-refractivity contribution in [2.24, 2.45) is 0 Å². The van der Waals surface area contributed by atoms with E-state index in [-0.39, 0.29) is 4.90 Å². The Labute approximate surface area is 210 Å². The third-order valence-electron chi connectivity index (χ3n) is 6.75. The summed E-state index contributed by atoms with van der Waals surface area (Å²) in [6.45, 7) is 0.320. The van der Waals surface area contributed by atoms with Crippen molar-refractivity contribution in [2.75, 3.05) is 13.7 Å². The molecular weight excluding hydrogens is 458 g/mol. The molecule has 3 aromatic rings. The number of methoxy groups -OCH3 is 1. The molecule has 0 fully saturated rings. The Morgan fingerprint density at radius 2 is 1.29 bits per heavy atom. The molecule has 0 aliphatic heterocycles. The van der Waals surface area contributed by atoms with Crippen LogP contribution in [0.1, 0.15) is 82.6 Å². The van der Waals surface area contributed by atoms with E-state index in [1.807, 2.05) is 24.3 Å². The second-order valence-electron chi connectivity index (χ2n) is 9.37. The summed E-state index contributed by atoms with van der Waals surface area (Å²) in [6, 6.07) is 14.4. The van der Waals surface area contributed by atoms with E-state index in [4.69, 9.17) is 9.84 Å². The zero-order valence-electron chi connectivity index (χ0n) is 21.1. The summed E-state index contributed by atoms with van der Waals surface area (Å²) in [5, 5.41) is 10.1. The maximum atomic E-state index is 13.5. The molecule has 0 atom stereocenters. The zero-order chi connectivity index (χ0) is 24.9. The summed E-state index contributed by atoms with van der Waals surface area (Å²) in [6.07, 6.45) is 15.1. The molecular formula is C29H41NO4S. The van der Waals surface area contributed by atoms with Crippen LogP contribution in [0.3, 0.4) is 0 Å². The van der Waals surface area contributed by atoms with E-state index in [2.05, 4.69) is 4.98 Å². The number of unbranched alkanes of at least 4 members (excludes halogenated alkanes) is 11. The van der Waals surface area contributed by atoms with E-state index in [1.165, 1.54) is 51.4 Å². The van der Waals surface area contributed by atoms with Gasteiger partial charge in [0.25, 0.3) is 0 Å². The number of aromatic nitrogens is 1. The standard InChI is InChI=1S/C29H41NO4S/c1-34-24-19-21-25(22-20-24)35(32,33)29-27(26-16-13-14-18-28(26)30-29)17-12-10-8-6-4-2-3-5-7-9-11-15-23-31/h13-14,16,18-22,30-31H,2-12,15,17,23H2,1H3. The highest BCUT2D eigenvalue weighted by atomic mass is 32.2. The largest absolute Gasteiger partial charge is 0.497 e. The number of benzene rings is 2. The van der Waals surface area contributed by atoms with Crippen LogP contribution < -0.4 is 4.74 Å². The van der Waals surface area contributed by atoms with E-state index in [9.17, 15) is 8.42 Å². The number of fused-ring (bicyclic) bond motifs is 1. The van der Waals surface area contributed by atoms with E-state index >= 15 is 0 Å². The number of aryl methyl sites for hydroxylation is 1. The van der Waals surface area contributed by atoms with Crippen LogP contribution in [0.25, 0.3) is 10.9 Å². The molecule has 0 saturated heterocycles. The summed E-state index contributed by atoms with van der Waals surface area (Å²) >= 11 is 0. The number of sulfone groups is 1. The van der Waals surface area contributed by atoms with Crippen LogP contribution in [0.4, 0.5) is 0 Å². The highest BCUT2D eigenvalue weighted by Gasteiger charge is 2.25. The molecule has 192 valence electrons. The lowest BCUT2D eigenvalue weighted by Crippen LogP contribution is -2.05. The van der Waals surface area contributed by atoms with Crippen LogP contribution >= 0.6 is 0 Å². The van der Waals surface area contributed by atoms with Gasteiger partial charge in [0.15, 0.2) is 0 Å². The molecule has 0 spiro atoms. The smallest absolute Gasteiger partial charge is 0.222 e. The SMILES string of the molecule is COc1ccc(S(=O)(=O)c2[nH]c3ccccc3c2CCCCCCCCCCCCCCO)cc1. The van der Waals surface area contributed by atoms with Gasteiger partial charge in [0.1, 0.15) is 10.8 Å². The molecule has 1 heterocycles. The maximum absolute atomic E-state index is 13.5. The van der Waals surface area contributed by atoms with Gasteiger partial charge in [-0.1, -0.05) is 82.4 Å². The van der Waals surface area contributed by atoms with Gasteiger partial charge in [-0.2, -0.15) is 0 Å². The van der Waals surface area contributed by atoms with Gasteiger partial charge in [-0.25, -0.2) is 8.42 Å². The van der Waals surface area contributed by atoms with Crippen LogP contribution in [0.2, 0.25) is 0 Å². The third kappa shape index (κ3) is 7.84. The molecule has 2 aromatic carbocycles. The molecule has 1 aromatic heterocycles. The van der Waals surface area contributed by atoms with E-state index in [0.29, 0.717) is 17.4 Å². The molecule has 0 aliphatic carbocycles. The van der Waals surface area contributed by atoms with Crippen LogP contribution in [0.5, 0.6) is 5.75 Å². The Bertz CT molecular complexity index is 1120. The second kappa shape index (κ2) is 14.3. The van der Waals surface area contributed by atoms with Gasteiger partial charge in [-0.15, -0.1) is 0 Å². The molecule has 0 aliphatic rings. The first kappa shape index (κ1) is 27.3. The van der Waals surface area contributed by atoms with E-state index in [0.717, 1.165) is 48.6 Å². The Morgan fingerprint density at radius 1 is 0.743 bits per heavy atom. The van der Waals surface area contributed by atoms with Crippen molar-refractivity contribution in [3.8, 4) is 5.75 Å². The lowest BCUT2D eigenvalue weighted by Gasteiger charge is -2.08. The van der Waals surface area contributed by atoms with Crippen molar-refractivity contribution in [3.63, 3.8) is 0 Å². The van der Waals surface area contributed by atoms with Crippen molar-refractivity contribution in [3.05, 3.63) is 54.1 Å². The average Bonchev–Trinajstić information content (AvgIpc) is 3.26. The molecule has 5 nitrogen and oxygen atoms in total. The summed E-state index contributed by atoms with van der Waals surface area (Å²) < 4.78 is 32.1. The van der Waals surface area contributed by atoms with Gasteiger partial charge in [-0.3, -0.25) is 0 Å². The van der Waals surface area contributed by atoms with Crippen molar-refractivity contribution in [2.45, 2.75) is 93.4 Å². The summed E-state index contributed by atoms with van der Waals surface area (Å²) in [5.41, 5.74) is 1.77. The van der Waals surface area contributed by atoms with Crippen molar-refractivity contribution >= 4 is 20.7 Å². The second-order valence-corrected chi connectivity index (χ2v) is 11.3. The lowest BCUT2D eigenvalue weighted by atomic mass is 10.0. The fourth-order valence-electron chi connectivity index (χ4n) is 4.71. The highest BCUT2D eigenvalue weighted by Crippen LogP contribution is 2.32. The summed E-state index contributed by atoms with van der Waals surface area (Å²) in [4.78, 5) is 3.47. The molecule has 0 unspecified atom stereocenters. The number of H-pyrrole nitrogens is 1. The Hall–Kier alpha value is -2.31. The number of para-hydroxylation sites is 1. The summed E-state index contributed by atoms with van der Waals surface area (Å²) in [5.74, 6) is 0.638. The fourth-order valence-corrected chi connectivity index (χ4v) is 6.22. The monoisotopic (exact) mass is 499 g/mol. The topological polar surface area (TPSA) is 79.4 Å². The normalized spacial score (nSPS) is 11.8. The molecule has 35 heavy (non-hydrogen) atoms. The number of aliphatic hydroxyl groups is 1. The number of rotatable bonds is 17. The van der Waals surface area contributed by atoms with Crippen molar-refractivity contribution in [1.82, 2.24) is 4.98 Å². The predicted molar refractivity (Wildman–Crippen MR) is 143 cm³/mol. The first-order valence-corrected chi connectivity index (χ1v) is 14.7. The highest BCUT2D eigenvalue weighted by molar-refractivity contribution is 7.91. The van der Waals surface area contributed by atoms with Gasteiger partial charge in [0.2, 0.25) is 9.84 Å². The number of ether oxygens (including phenoxy) is 1. The Kier molecular flexibility index (Phi) is 11.1. The first-order chi connectivity index (χ1) is 17.1. The van der Waals surface area contributed by atoms with Gasteiger partial charge in [0.05, 0.1) is 12.0 Å². The van der Waals surface area contributed by atoms with Gasteiger partial charge in [-0.05, 0) is 55.2 Å². The number of hydrogen-bond donors (Lipinski definition) is 2. The van der Waals surface area contributed by atoms with E-state index in [1.54, 1.807) is 31.4 Å². The lowest BCUT2D eigenvalue weighted by molar-refractivity contribution is 0.282. The molecule has 0 amide bonds. The Balaban J connectivity index is 1.51. The Morgan fingerprint density at radius 3 is 1.86 bits per heavy atom.